The topological polar surface area (TPSA) is 46.4 Å². The van der Waals surface area contributed by atoms with E-state index in [1.807, 2.05) is 12.3 Å². The largest absolute Gasteiger partial charge is 0.504 e. The number of benzene rings is 4. The summed E-state index contributed by atoms with van der Waals surface area (Å²) in [4.78, 5) is 14.1. The van der Waals surface area contributed by atoms with Gasteiger partial charge in [0.15, 0.2) is 0 Å². The molecule has 8 rings (SSSR count). The van der Waals surface area contributed by atoms with Crippen LogP contribution in [0.15, 0.2) is 109 Å². The predicted molar refractivity (Wildman–Crippen MR) is 205 cm³/mol. The first-order valence-corrected chi connectivity index (χ1v) is 17.1. The molecular formula is C44H40N5OPt-3. The van der Waals surface area contributed by atoms with E-state index in [2.05, 4.69) is 179 Å². The average Bonchev–Trinajstić information content (AvgIpc) is 3.62. The van der Waals surface area contributed by atoms with Crippen LogP contribution >= 0.6 is 0 Å². The zero-order chi connectivity index (χ0) is 34.8. The van der Waals surface area contributed by atoms with Crippen molar-refractivity contribution >= 4 is 38.9 Å². The van der Waals surface area contributed by atoms with Gasteiger partial charge in [0.25, 0.3) is 0 Å². The van der Waals surface area contributed by atoms with Crippen molar-refractivity contribution in [1.29, 1.82) is 0 Å². The fourth-order valence-electron chi connectivity index (χ4n) is 6.65. The van der Waals surface area contributed by atoms with E-state index in [-0.39, 0.29) is 31.9 Å². The zero-order valence-corrected chi connectivity index (χ0v) is 32.2. The number of aromatic nitrogens is 3. The van der Waals surface area contributed by atoms with Gasteiger partial charge in [-0.15, -0.1) is 17.5 Å². The van der Waals surface area contributed by atoms with E-state index in [0.29, 0.717) is 11.6 Å². The number of pyridine rings is 2. The number of anilines is 3. The third-order valence-electron chi connectivity index (χ3n) is 9.45. The van der Waals surface area contributed by atoms with Gasteiger partial charge in [-0.2, -0.15) is 30.6 Å². The molecule has 51 heavy (non-hydrogen) atoms. The van der Waals surface area contributed by atoms with Crippen LogP contribution in [-0.2, 0) is 31.9 Å². The van der Waals surface area contributed by atoms with Crippen LogP contribution < -0.4 is 14.5 Å². The van der Waals surface area contributed by atoms with Gasteiger partial charge >= 0.3 is 0 Å². The Bertz CT molecular complexity index is 2380. The van der Waals surface area contributed by atoms with E-state index >= 15 is 0 Å². The van der Waals surface area contributed by atoms with Crippen molar-refractivity contribution in [3.63, 3.8) is 0 Å². The second-order valence-electron chi connectivity index (χ2n) is 15.1. The monoisotopic (exact) mass is 849 g/mol. The minimum atomic E-state index is -0.0200. The van der Waals surface area contributed by atoms with E-state index in [1.54, 1.807) is 0 Å². The number of hydrogen-bond acceptors (Lipinski definition) is 5. The van der Waals surface area contributed by atoms with Crippen LogP contribution in [0.25, 0.3) is 38.9 Å². The summed E-state index contributed by atoms with van der Waals surface area (Å²) in [5.74, 6) is 1.76. The molecule has 260 valence electrons. The Hall–Kier alpha value is -4.93. The van der Waals surface area contributed by atoms with Gasteiger partial charge in [0.1, 0.15) is 11.7 Å². The van der Waals surface area contributed by atoms with Crippen molar-refractivity contribution in [3.8, 4) is 28.7 Å². The molecule has 3 aromatic heterocycles. The molecule has 0 atom stereocenters. The van der Waals surface area contributed by atoms with Crippen molar-refractivity contribution < 1.29 is 25.8 Å². The third kappa shape index (κ3) is 6.42. The molecule has 4 heterocycles. The molecule has 0 radical (unpaired) electrons. The van der Waals surface area contributed by atoms with E-state index in [9.17, 15) is 0 Å². The summed E-state index contributed by atoms with van der Waals surface area (Å²) in [5.41, 5.74) is 9.29. The van der Waals surface area contributed by atoms with Crippen molar-refractivity contribution in [1.82, 2.24) is 14.5 Å². The van der Waals surface area contributed by atoms with Crippen LogP contribution in [0, 0.1) is 18.8 Å². The molecule has 4 aromatic carbocycles. The van der Waals surface area contributed by atoms with Crippen LogP contribution in [0.5, 0.6) is 11.6 Å². The smallest absolute Gasteiger partial charge is 0.135 e. The first-order chi connectivity index (χ1) is 23.9. The SMILES string of the molecule is CN1[CH-]N(c2[c-]c(Oc3[c-]c4c(cc3)c3ccccc3n4-c3cc(C(C)(C)C)ccn3)nc(-c3ccc(C(C)(C)C)cc3)c2)c2ccccc21.[Pt]. The fourth-order valence-corrected chi connectivity index (χ4v) is 6.65. The Kier molecular flexibility index (Phi) is 8.79. The van der Waals surface area contributed by atoms with Crippen LogP contribution in [0.1, 0.15) is 52.7 Å². The molecule has 1 aliphatic rings. The molecule has 0 saturated carbocycles. The van der Waals surface area contributed by atoms with Crippen LogP contribution in [0.2, 0.25) is 0 Å². The first kappa shape index (κ1) is 34.5. The molecule has 6 nitrogen and oxygen atoms in total. The second-order valence-corrected chi connectivity index (χ2v) is 15.1. The van der Waals surface area contributed by atoms with Gasteiger partial charge in [0.2, 0.25) is 0 Å². The molecule has 0 fully saturated rings. The maximum absolute atomic E-state index is 6.60. The molecule has 0 spiro atoms. The predicted octanol–water partition coefficient (Wildman–Crippen LogP) is 10.9. The van der Waals surface area contributed by atoms with Gasteiger partial charge in [0.05, 0.1) is 0 Å². The van der Waals surface area contributed by atoms with Gasteiger partial charge < -0.3 is 19.1 Å². The first-order valence-electron chi connectivity index (χ1n) is 17.1. The minimum absolute atomic E-state index is 0. The summed E-state index contributed by atoms with van der Waals surface area (Å²) >= 11 is 0. The van der Waals surface area contributed by atoms with E-state index in [0.717, 1.165) is 55.9 Å². The number of ether oxygens (including phenoxy) is 1. The van der Waals surface area contributed by atoms with Crippen LogP contribution in [0.3, 0.4) is 0 Å². The van der Waals surface area contributed by atoms with Crippen molar-refractivity contribution in [3.05, 3.63) is 139 Å². The maximum atomic E-state index is 6.60. The Morgan fingerprint density at radius 1 is 0.706 bits per heavy atom. The molecule has 0 bridgehead atoms. The molecular weight excluding hydrogens is 810 g/mol. The quantitative estimate of drug-likeness (QED) is 0.162. The summed E-state index contributed by atoms with van der Waals surface area (Å²) in [6, 6.07) is 42.9. The fraction of sp³-hybridized carbons (Fsp3) is 0.205. The number of hydrogen-bond donors (Lipinski definition) is 0. The summed E-state index contributed by atoms with van der Waals surface area (Å²) < 4.78 is 8.77. The minimum Gasteiger partial charge on any atom is -0.504 e. The van der Waals surface area contributed by atoms with Crippen molar-refractivity contribution in [2.75, 3.05) is 16.8 Å². The Morgan fingerprint density at radius 3 is 2.16 bits per heavy atom. The zero-order valence-electron chi connectivity index (χ0n) is 29.9. The molecule has 7 aromatic rings. The average molecular weight is 850 g/mol. The number of para-hydroxylation sites is 3. The molecule has 0 N–H and O–H groups in total. The maximum Gasteiger partial charge on any atom is 0.135 e. The van der Waals surface area contributed by atoms with E-state index in [1.165, 1.54) is 11.1 Å². The summed E-state index contributed by atoms with van der Waals surface area (Å²) in [7, 11) is 2.05. The number of nitrogens with zero attached hydrogens (tertiary/aromatic N) is 5. The molecule has 1 aliphatic heterocycles. The number of fused-ring (bicyclic) bond motifs is 4. The summed E-state index contributed by atoms with van der Waals surface area (Å²) in [6.07, 6.45) is 1.89. The Balaban J connectivity index is 0.00000406. The molecule has 0 unspecified atom stereocenters. The van der Waals surface area contributed by atoms with Gasteiger partial charge in [-0.25, -0.2) is 4.98 Å². The molecule has 0 saturated heterocycles. The van der Waals surface area contributed by atoms with Crippen LogP contribution in [0.4, 0.5) is 17.1 Å². The number of rotatable bonds is 5. The standard InChI is InChI=1S/C44H40N5O.Pt/c1-43(2,3)30-18-16-29(17-19-30)36-25-32(48-28-47(7)38-14-10-11-15-39(38)48)26-42(46-36)50-33-20-21-35-34-12-8-9-13-37(34)49(40(35)27-33)41-24-31(22-23-45-41)44(4,5)6;/h8-25,28H,1-7H3;/q-3;. The van der Waals surface area contributed by atoms with E-state index < -0.39 is 0 Å². The Morgan fingerprint density at radius 2 is 1.41 bits per heavy atom. The van der Waals surface area contributed by atoms with E-state index in [4.69, 9.17) is 14.7 Å². The Labute approximate surface area is 315 Å². The molecule has 7 heteroatoms. The summed E-state index contributed by atoms with van der Waals surface area (Å²) in [5, 5.41) is 2.21. The van der Waals surface area contributed by atoms with Crippen LogP contribution in [-0.4, -0.2) is 21.6 Å². The van der Waals surface area contributed by atoms with Gasteiger partial charge in [-0.1, -0.05) is 102 Å². The third-order valence-corrected chi connectivity index (χ3v) is 9.45. The molecule has 0 amide bonds. The van der Waals surface area contributed by atoms with Gasteiger partial charge in [0, 0.05) is 49.9 Å². The van der Waals surface area contributed by atoms with Crippen molar-refractivity contribution in [2.45, 2.75) is 52.4 Å². The molecule has 0 aliphatic carbocycles. The van der Waals surface area contributed by atoms with Gasteiger partial charge in [-0.3, -0.25) is 4.98 Å². The normalized spacial score (nSPS) is 13.1. The summed E-state index contributed by atoms with van der Waals surface area (Å²) in [6.45, 7) is 15.4. The second kappa shape index (κ2) is 13.0. The van der Waals surface area contributed by atoms with Gasteiger partial charge in [-0.05, 0) is 76.0 Å². The van der Waals surface area contributed by atoms with Crippen molar-refractivity contribution in [2.24, 2.45) is 0 Å².